The van der Waals surface area contributed by atoms with Crippen molar-refractivity contribution in [2.75, 3.05) is 26.2 Å². The Hall–Kier alpha value is -3.45. The van der Waals surface area contributed by atoms with Crippen molar-refractivity contribution < 1.29 is 29.3 Å². The van der Waals surface area contributed by atoms with E-state index in [4.69, 9.17) is 24.5 Å². The molecular formula is C27H33NO6. The van der Waals surface area contributed by atoms with Gasteiger partial charge in [0.15, 0.2) is 0 Å². The summed E-state index contributed by atoms with van der Waals surface area (Å²) < 4.78 is 5.67. The van der Waals surface area contributed by atoms with E-state index in [0.717, 1.165) is 56.5 Å². The summed E-state index contributed by atoms with van der Waals surface area (Å²) in [5, 5.41) is 14.8. The number of rotatable bonds is 9. The molecule has 0 amide bonds. The van der Waals surface area contributed by atoms with Crippen LogP contribution in [0.5, 0.6) is 0 Å². The van der Waals surface area contributed by atoms with Crippen molar-refractivity contribution in [3.8, 4) is 0 Å². The summed E-state index contributed by atoms with van der Waals surface area (Å²) in [6.07, 6.45) is 6.41. The van der Waals surface area contributed by atoms with E-state index >= 15 is 0 Å². The summed E-state index contributed by atoms with van der Waals surface area (Å²) in [6, 6.07) is 20.8. The topological polar surface area (TPSA) is 104 Å². The maximum atomic E-state index is 12.8. The van der Waals surface area contributed by atoms with Gasteiger partial charge in [0.05, 0.1) is 12.5 Å². The van der Waals surface area contributed by atoms with E-state index in [-0.39, 0.29) is 11.9 Å². The largest absolute Gasteiger partial charge is 0.473 e. The van der Waals surface area contributed by atoms with Crippen LogP contribution in [0.1, 0.15) is 37.3 Å². The quantitative estimate of drug-likeness (QED) is 0.325. The number of likely N-dealkylation sites (N-methyl/N-ethyl adjacent to an activating group) is 1. The van der Waals surface area contributed by atoms with Gasteiger partial charge >= 0.3 is 17.9 Å². The van der Waals surface area contributed by atoms with Gasteiger partial charge in [0.1, 0.15) is 0 Å². The molecule has 3 rings (SSSR count). The van der Waals surface area contributed by atoms with Crippen LogP contribution in [0, 0.1) is 5.92 Å². The molecule has 1 atom stereocenters. The zero-order chi connectivity index (χ0) is 24.8. The minimum Gasteiger partial charge on any atom is -0.473 e. The van der Waals surface area contributed by atoms with Crippen LogP contribution in [-0.2, 0) is 25.5 Å². The van der Waals surface area contributed by atoms with Crippen LogP contribution in [0.3, 0.4) is 0 Å². The SMILES string of the molecule is CCN1CC=C(c2ccccc2)C(C(=O)OCCCCCc2ccccc2)C1.O=C(O)C(=O)O. The number of carboxylic acid groups (broad SMARTS) is 2. The Morgan fingerprint density at radius 1 is 0.912 bits per heavy atom. The smallest absolute Gasteiger partial charge is 0.414 e. The zero-order valence-electron chi connectivity index (χ0n) is 19.6. The summed E-state index contributed by atoms with van der Waals surface area (Å²) in [7, 11) is 0. The summed E-state index contributed by atoms with van der Waals surface area (Å²) in [4.78, 5) is 33.3. The fraction of sp³-hybridized carbons (Fsp3) is 0.370. The number of hydrogen-bond donors (Lipinski definition) is 2. The number of carboxylic acids is 2. The summed E-state index contributed by atoms with van der Waals surface area (Å²) >= 11 is 0. The number of ether oxygens (including phenoxy) is 1. The molecule has 1 aliphatic rings. The van der Waals surface area contributed by atoms with E-state index in [2.05, 4.69) is 54.3 Å². The van der Waals surface area contributed by atoms with Gasteiger partial charge in [-0.15, -0.1) is 0 Å². The third-order valence-electron chi connectivity index (χ3n) is 5.60. The van der Waals surface area contributed by atoms with Gasteiger partial charge in [-0.1, -0.05) is 73.7 Å². The summed E-state index contributed by atoms with van der Waals surface area (Å²) in [6.45, 7) is 5.23. The predicted octanol–water partition coefficient (Wildman–Crippen LogP) is 4.13. The molecule has 182 valence electrons. The molecule has 1 heterocycles. The Balaban J connectivity index is 0.000000604. The van der Waals surface area contributed by atoms with Gasteiger partial charge in [-0.3, -0.25) is 9.69 Å². The zero-order valence-corrected chi connectivity index (χ0v) is 19.6. The first kappa shape index (κ1) is 26.8. The average molecular weight is 468 g/mol. The lowest BCUT2D eigenvalue weighted by Gasteiger charge is -2.31. The second-order valence-electron chi connectivity index (χ2n) is 8.00. The van der Waals surface area contributed by atoms with Gasteiger partial charge in [0, 0.05) is 13.1 Å². The number of hydrogen-bond acceptors (Lipinski definition) is 5. The van der Waals surface area contributed by atoms with Gasteiger partial charge in [0.25, 0.3) is 0 Å². The van der Waals surface area contributed by atoms with Gasteiger partial charge in [-0.25, -0.2) is 9.59 Å². The molecule has 0 spiro atoms. The number of carbonyl (C=O) groups excluding carboxylic acids is 1. The molecule has 2 aromatic carbocycles. The first-order chi connectivity index (χ1) is 16.4. The molecule has 0 saturated heterocycles. The molecule has 1 aliphatic heterocycles. The number of aryl methyl sites for hydroxylation is 1. The molecule has 0 aromatic heterocycles. The van der Waals surface area contributed by atoms with Crippen LogP contribution < -0.4 is 0 Å². The standard InChI is InChI=1S/C25H31NO2.C2H2O4/c1-2-26-18-17-23(22-15-9-4-10-16-22)24(20-26)25(27)28-19-11-5-8-14-21-12-6-3-7-13-21;3-1(4)2(5)6/h3-4,6-7,9-10,12-13,15-17,24H,2,5,8,11,14,18-20H2,1H3;(H,3,4)(H,5,6). The summed E-state index contributed by atoms with van der Waals surface area (Å²) in [5.41, 5.74) is 3.61. The number of esters is 1. The van der Waals surface area contributed by atoms with Crippen molar-refractivity contribution in [1.82, 2.24) is 4.90 Å². The molecule has 0 saturated carbocycles. The Morgan fingerprint density at radius 2 is 1.53 bits per heavy atom. The molecule has 2 aromatic rings. The number of benzene rings is 2. The van der Waals surface area contributed by atoms with Crippen LogP contribution in [0.25, 0.3) is 5.57 Å². The highest BCUT2D eigenvalue weighted by Gasteiger charge is 2.30. The third kappa shape index (κ3) is 9.19. The van der Waals surface area contributed by atoms with Crippen LogP contribution >= 0.6 is 0 Å². The normalized spacial score (nSPS) is 15.4. The van der Waals surface area contributed by atoms with Crippen LogP contribution in [0.15, 0.2) is 66.7 Å². The van der Waals surface area contributed by atoms with Crippen molar-refractivity contribution in [2.45, 2.75) is 32.6 Å². The van der Waals surface area contributed by atoms with Crippen molar-refractivity contribution >= 4 is 23.5 Å². The molecule has 34 heavy (non-hydrogen) atoms. The Labute approximate surface area is 200 Å². The Kier molecular flexibility index (Phi) is 11.5. The highest BCUT2D eigenvalue weighted by Crippen LogP contribution is 2.29. The van der Waals surface area contributed by atoms with Gasteiger partial charge in [0.2, 0.25) is 0 Å². The molecule has 0 aliphatic carbocycles. The Bertz CT molecular complexity index is 930. The van der Waals surface area contributed by atoms with E-state index < -0.39 is 11.9 Å². The van der Waals surface area contributed by atoms with E-state index in [1.54, 1.807) is 0 Å². The van der Waals surface area contributed by atoms with E-state index in [1.165, 1.54) is 5.56 Å². The van der Waals surface area contributed by atoms with Crippen molar-refractivity contribution in [3.05, 3.63) is 77.9 Å². The lowest BCUT2D eigenvalue weighted by Crippen LogP contribution is -2.38. The molecular weight excluding hydrogens is 434 g/mol. The number of nitrogens with zero attached hydrogens (tertiary/aromatic N) is 1. The first-order valence-electron chi connectivity index (χ1n) is 11.6. The molecule has 0 bridgehead atoms. The minimum atomic E-state index is -1.82. The first-order valence-corrected chi connectivity index (χ1v) is 11.6. The van der Waals surface area contributed by atoms with Gasteiger partial charge in [-0.2, -0.15) is 0 Å². The Morgan fingerprint density at radius 3 is 2.12 bits per heavy atom. The van der Waals surface area contributed by atoms with E-state index in [0.29, 0.717) is 6.61 Å². The second-order valence-corrected chi connectivity index (χ2v) is 8.00. The highest BCUT2D eigenvalue weighted by atomic mass is 16.5. The third-order valence-corrected chi connectivity index (χ3v) is 5.60. The van der Waals surface area contributed by atoms with Crippen LogP contribution in [0.2, 0.25) is 0 Å². The summed E-state index contributed by atoms with van der Waals surface area (Å²) in [5.74, 6) is -3.93. The molecule has 7 heteroatoms. The van der Waals surface area contributed by atoms with Crippen molar-refractivity contribution in [2.24, 2.45) is 5.92 Å². The fourth-order valence-corrected chi connectivity index (χ4v) is 3.74. The van der Waals surface area contributed by atoms with E-state index in [1.807, 2.05) is 24.3 Å². The molecule has 7 nitrogen and oxygen atoms in total. The van der Waals surface area contributed by atoms with Crippen molar-refractivity contribution in [3.63, 3.8) is 0 Å². The fourth-order valence-electron chi connectivity index (χ4n) is 3.74. The van der Waals surface area contributed by atoms with Gasteiger partial charge in [-0.05, 0) is 48.9 Å². The molecule has 0 radical (unpaired) electrons. The van der Waals surface area contributed by atoms with Crippen LogP contribution in [0.4, 0.5) is 0 Å². The lowest BCUT2D eigenvalue weighted by molar-refractivity contribution is -0.159. The molecule has 1 unspecified atom stereocenters. The van der Waals surface area contributed by atoms with Crippen LogP contribution in [-0.4, -0.2) is 59.3 Å². The lowest BCUT2D eigenvalue weighted by atomic mass is 9.89. The second kappa shape index (κ2) is 14.6. The van der Waals surface area contributed by atoms with Crippen molar-refractivity contribution in [1.29, 1.82) is 0 Å². The minimum absolute atomic E-state index is 0.0867. The number of aliphatic carboxylic acids is 2. The maximum Gasteiger partial charge on any atom is 0.414 e. The number of unbranched alkanes of at least 4 members (excludes halogenated alkanes) is 2. The molecule has 2 N–H and O–H groups in total. The highest BCUT2D eigenvalue weighted by molar-refractivity contribution is 6.27. The predicted molar refractivity (Wildman–Crippen MR) is 130 cm³/mol. The van der Waals surface area contributed by atoms with E-state index in [9.17, 15) is 4.79 Å². The maximum absolute atomic E-state index is 12.8. The average Bonchev–Trinajstić information content (AvgIpc) is 2.87. The monoisotopic (exact) mass is 467 g/mol. The molecule has 0 fully saturated rings. The number of carbonyl (C=O) groups is 3. The van der Waals surface area contributed by atoms with Gasteiger partial charge < -0.3 is 14.9 Å².